The van der Waals surface area contributed by atoms with Crippen LogP contribution >= 0.6 is 23.2 Å². The SMILES string of the molecule is COc1ccc(S(=O)(=O)N(CC(=O)N(Cc2ccc(Cl)c(Cl)c2)[C@@H](C)C(=O)NC2CCCCC2)c2ccc(F)cc2)cc1. The number of amides is 2. The minimum atomic E-state index is -4.31. The second-order valence-electron chi connectivity index (χ2n) is 10.5. The van der Waals surface area contributed by atoms with E-state index in [2.05, 4.69) is 5.32 Å². The van der Waals surface area contributed by atoms with Crippen LogP contribution in [0.2, 0.25) is 10.0 Å². The van der Waals surface area contributed by atoms with Gasteiger partial charge in [-0.2, -0.15) is 0 Å². The van der Waals surface area contributed by atoms with Crippen molar-refractivity contribution in [1.82, 2.24) is 10.2 Å². The van der Waals surface area contributed by atoms with Gasteiger partial charge < -0.3 is 15.0 Å². The van der Waals surface area contributed by atoms with Crippen LogP contribution < -0.4 is 14.4 Å². The summed E-state index contributed by atoms with van der Waals surface area (Å²) in [5.74, 6) is -1.09. The molecule has 2 amide bonds. The van der Waals surface area contributed by atoms with E-state index < -0.39 is 34.3 Å². The number of ether oxygens (including phenoxy) is 1. The van der Waals surface area contributed by atoms with Crippen molar-refractivity contribution in [2.45, 2.75) is 62.6 Å². The van der Waals surface area contributed by atoms with Gasteiger partial charge in [-0.15, -0.1) is 0 Å². The third-order valence-corrected chi connectivity index (χ3v) is 10.0. The number of nitrogens with zero attached hydrogens (tertiary/aromatic N) is 2. The van der Waals surface area contributed by atoms with Crippen molar-refractivity contribution >= 4 is 50.7 Å². The average molecular weight is 651 g/mol. The Morgan fingerprint density at radius 3 is 2.23 bits per heavy atom. The Labute approximate surface area is 261 Å². The maximum atomic E-state index is 14.1. The van der Waals surface area contributed by atoms with Crippen LogP contribution in [0.25, 0.3) is 0 Å². The van der Waals surface area contributed by atoms with Gasteiger partial charge >= 0.3 is 0 Å². The van der Waals surface area contributed by atoms with Crippen molar-refractivity contribution in [2.75, 3.05) is 18.0 Å². The van der Waals surface area contributed by atoms with Crippen molar-refractivity contribution in [3.05, 3.63) is 88.2 Å². The number of anilines is 1. The highest BCUT2D eigenvalue weighted by molar-refractivity contribution is 7.92. The number of rotatable bonds is 11. The van der Waals surface area contributed by atoms with E-state index in [4.69, 9.17) is 27.9 Å². The first-order valence-corrected chi connectivity index (χ1v) is 16.2. The molecular formula is C31H34Cl2FN3O5S. The fourth-order valence-corrected chi connectivity index (χ4v) is 6.73. The fourth-order valence-electron chi connectivity index (χ4n) is 5.00. The summed E-state index contributed by atoms with van der Waals surface area (Å²) in [7, 11) is -2.85. The molecule has 1 atom stereocenters. The molecule has 1 aliphatic rings. The maximum absolute atomic E-state index is 14.1. The molecule has 1 aliphatic carbocycles. The summed E-state index contributed by atoms with van der Waals surface area (Å²) in [6, 6.07) is 14.5. The van der Waals surface area contributed by atoms with Crippen molar-refractivity contribution in [1.29, 1.82) is 0 Å². The number of methoxy groups -OCH3 is 1. The summed E-state index contributed by atoms with van der Waals surface area (Å²) < 4.78 is 47.6. The van der Waals surface area contributed by atoms with Gasteiger partial charge in [0.2, 0.25) is 11.8 Å². The van der Waals surface area contributed by atoms with Gasteiger partial charge in [0.25, 0.3) is 10.0 Å². The van der Waals surface area contributed by atoms with Gasteiger partial charge in [0.1, 0.15) is 24.2 Å². The van der Waals surface area contributed by atoms with Gasteiger partial charge in [0.05, 0.1) is 27.7 Å². The van der Waals surface area contributed by atoms with E-state index in [0.29, 0.717) is 16.3 Å². The van der Waals surface area contributed by atoms with Crippen LogP contribution in [-0.4, -0.2) is 50.9 Å². The molecule has 43 heavy (non-hydrogen) atoms. The molecule has 0 radical (unpaired) electrons. The molecule has 230 valence electrons. The van der Waals surface area contributed by atoms with Crippen LogP contribution in [0.1, 0.15) is 44.6 Å². The molecule has 0 spiro atoms. The number of carbonyl (C=O) groups is 2. The predicted molar refractivity (Wildman–Crippen MR) is 165 cm³/mol. The molecule has 12 heteroatoms. The number of hydrogen-bond donors (Lipinski definition) is 1. The molecule has 3 aromatic rings. The molecule has 0 aromatic heterocycles. The second-order valence-corrected chi connectivity index (χ2v) is 13.1. The Kier molecular flexibility index (Phi) is 10.9. The normalized spacial score (nSPS) is 14.5. The van der Waals surface area contributed by atoms with Gasteiger partial charge in [0, 0.05) is 12.6 Å². The number of carbonyl (C=O) groups excluding carboxylic acids is 2. The summed E-state index contributed by atoms with van der Waals surface area (Å²) >= 11 is 12.3. The van der Waals surface area contributed by atoms with E-state index in [0.717, 1.165) is 48.5 Å². The van der Waals surface area contributed by atoms with Crippen molar-refractivity contribution in [2.24, 2.45) is 0 Å². The largest absolute Gasteiger partial charge is 0.497 e. The topological polar surface area (TPSA) is 96.0 Å². The standard InChI is InChI=1S/C31H34Cl2FN3O5S/c1-21(31(39)35-24-6-4-3-5-7-24)36(19-22-8-17-28(32)29(33)18-22)30(38)20-37(25-11-9-23(34)10-12-25)43(40,41)27-15-13-26(42-2)14-16-27/h8-18,21,24H,3-7,19-20H2,1-2H3,(H,35,39)/t21-/m0/s1. The molecular weight excluding hydrogens is 616 g/mol. The van der Waals surface area contributed by atoms with Crippen molar-refractivity contribution in [3.8, 4) is 5.75 Å². The summed E-state index contributed by atoms with van der Waals surface area (Å²) in [5, 5.41) is 3.66. The van der Waals surface area contributed by atoms with Crippen LogP contribution in [0.3, 0.4) is 0 Å². The lowest BCUT2D eigenvalue weighted by molar-refractivity contribution is -0.139. The molecule has 1 N–H and O–H groups in total. The fraction of sp³-hybridized carbons (Fsp3) is 0.355. The molecule has 0 saturated heterocycles. The highest BCUT2D eigenvalue weighted by atomic mass is 35.5. The smallest absolute Gasteiger partial charge is 0.264 e. The van der Waals surface area contributed by atoms with Gasteiger partial charge in [-0.05, 0) is 86.0 Å². The summed E-state index contributed by atoms with van der Waals surface area (Å²) in [4.78, 5) is 28.7. The van der Waals surface area contributed by atoms with Gasteiger partial charge in [0.15, 0.2) is 0 Å². The Bertz CT molecular complexity index is 1530. The summed E-state index contributed by atoms with van der Waals surface area (Å²) in [5.41, 5.74) is 0.686. The molecule has 0 aliphatic heterocycles. The van der Waals surface area contributed by atoms with Crippen LogP contribution in [-0.2, 0) is 26.2 Å². The number of halogens is 3. The van der Waals surface area contributed by atoms with Crippen LogP contribution in [0, 0.1) is 5.82 Å². The highest BCUT2D eigenvalue weighted by Gasteiger charge is 2.33. The van der Waals surface area contributed by atoms with E-state index in [1.165, 1.54) is 48.4 Å². The second kappa shape index (κ2) is 14.4. The summed E-state index contributed by atoms with van der Waals surface area (Å²) in [6.07, 6.45) is 4.86. The Balaban J connectivity index is 1.68. The van der Waals surface area contributed by atoms with E-state index in [9.17, 15) is 22.4 Å². The van der Waals surface area contributed by atoms with E-state index >= 15 is 0 Å². The number of nitrogens with one attached hydrogen (secondary N) is 1. The molecule has 1 saturated carbocycles. The lowest BCUT2D eigenvalue weighted by atomic mass is 9.95. The lowest BCUT2D eigenvalue weighted by Crippen LogP contribution is -2.53. The molecule has 0 bridgehead atoms. The Morgan fingerprint density at radius 2 is 1.63 bits per heavy atom. The first-order chi connectivity index (χ1) is 20.5. The van der Waals surface area contributed by atoms with Gasteiger partial charge in [-0.1, -0.05) is 48.5 Å². The quantitative estimate of drug-likeness (QED) is 0.267. The molecule has 4 rings (SSSR count). The Morgan fingerprint density at radius 1 is 0.977 bits per heavy atom. The molecule has 8 nitrogen and oxygen atoms in total. The average Bonchev–Trinajstić information content (AvgIpc) is 3.01. The minimum absolute atomic E-state index is 0.0109. The maximum Gasteiger partial charge on any atom is 0.264 e. The first-order valence-electron chi connectivity index (χ1n) is 14.0. The molecule has 1 fully saturated rings. The Hall–Kier alpha value is -3.34. The highest BCUT2D eigenvalue weighted by Crippen LogP contribution is 2.27. The summed E-state index contributed by atoms with van der Waals surface area (Å²) in [6.45, 7) is 0.922. The molecule has 0 unspecified atom stereocenters. The third kappa shape index (κ3) is 8.19. The van der Waals surface area contributed by atoms with Crippen molar-refractivity contribution in [3.63, 3.8) is 0 Å². The zero-order chi connectivity index (χ0) is 31.1. The zero-order valence-electron chi connectivity index (χ0n) is 23.9. The number of sulfonamides is 1. The van der Waals surface area contributed by atoms with Crippen LogP contribution in [0.15, 0.2) is 71.6 Å². The van der Waals surface area contributed by atoms with E-state index in [1.54, 1.807) is 25.1 Å². The first kappa shape index (κ1) is 32.6. The minimum Gasteiger partial charge on any atom is -0.497 e. The van der Waals surface area contributed by atoms with Crippen molar-refractivity contribution < 1.29 is 27.1 Å². The number of hydrogen-bond acceptors (Lipinski definition) is 5. The molecule has 3 aromatic carbocycles. The predicted octanol–water partition coefficient (Wildman–Crippen LogP) is 6.20. The third-order valence-electron chi connectivity index (χ3n) is 7.50. The lowest BCUT2D eigenvalue weighted by Gasteiger charge is -2.33. The zero-order valence-corrected chi connectivity index (χ0v) is 26.3. The monoisotopic (exact) mass is 649 g/mol. The van der Waals surface area contributed by atoms with E-state index in [-0.39, 0.29) is 34.1 Å². The number of benzene rings is 3. The van der Waals surface area contributed by atoms with Crippen LogP contribution in [0.5, 0.6) is 5.75 Å². The van der Waals surface area contributed by atoms with Gasteiger partial charge in [-0.3, -0.25) is 13.9 Å². The molecule has 0 heterocycles. The van der Waals surface area contributed by atoms with E-state index in [1.807, 2.05) is 0 Å². The van der Waals surface area contributed by atoms with Gasteiger partial charge in [-0.25, -0.2) is 12.8 Å². The van der Waals surface area contributed by atoms with Crippen LogP contribution in [0.4, 0.5) is 10.1 Å².